The third-order valence-electron chi connectivity index (χ3n) is 4.74. The summed E-state index contributed by atoms with van der Waals surface area (Å²) in [5, 5.41) is 5.36. The zero-order chi connectivity index (χ0) is 20.0. The molecule has 0 saturated carbocycles. The van der Waals surface area contributed by atoms with Gasteiger partial charge >= 0.3 is 6.18 Å². The van der Waals surface area contributed by atoms with E-state index in [0.717, 1.165) is 11.1 Å². The van der Waals surface area contributed by atoms with Gasteiger partial charge in [-0.15, -0.1) is 0 Å². The summed E-state index contributed by atoms with van der Waals surface area (Å²) in [5.41, 5.74) is 2.32. The summed E-state index contributed by atoms with van der Waals surface area (Å²) in [4.78, 5) is 25.6. The van der Waals surface area contributed by atoms with Crippen LogP contribution in [0.15, 0.2) is 18.2 Å². The Morgan fingerprint density at radius 3 is 2.48 bits per heavy atom. The van der Waals surface area contributed by atoms with Gasteiger partial charge in [0.25, 0.3) is 0 Å². The summed E-state index contributed by atoms with van der Waals surface area (Å²) >= 11 is 0. The number of hydrogen-bond acceptors (Lipinski definition) is 4. The minimum atomic E-state index is -4.42. The summed E-state index contributed by atoms with van der Waals surface area (Å²) in [7, 11) is 0. The number of benzene rings is 1. The second-order valence-electron chi connectivity index (χ2n) is 6.89. The van der Waals surface area contributed by atoms with Crippen molar-refractivity contribution in [3.63, 3.8) is 0 Å². The summed E-state index contributed by atoms with van der Waals surface area (Å²) in [6.07, 6.45) is -4.57. The molecule has 1 fully saturated rings. The molecule has 150 valence electrons. The van der Waals surface area contributed by atoms with Crippen LogP contribution < -0.4 is 10.6 Å². The topological polar surface area (TPSA) is 61.4 Å². The number of amides is 1. The fraction of sp³-hybridized carbons (Fsp3) is 0.579. The van der Waals surface area contributed by atoms with Crippen molar-refractivity contribution in [1.82, 2.24) is 15.5 Å². The van der Waals surface area contributed by atoms with Gasteiger partial charge in [0.2, 0.25) is 5.91 Å². The number of halogens is 3. The highest BCUT2D eigenvalue weighted by Crippen LogP contribution is 2.24. The van der Waals surface area contributed by atoms with Crippen LogP contribution in [0.1, 0.15) is 34.3 Å². The molecule has 1 saturated heterocycles. The highest BCUT2D eigenvalue weighted by Gasteiger charge is 2.43. The van der Waals surface area contributed by atoms with Crippen LogP contribution in [0.2, 0.25) is 0 Å². The minimum Gasteiger partial charge on any atom is -0.354 e. The number of nitrogens with one attached hydrogen (secondary N) is 2. The predicted molar refractivity (Wildman–Crippen MR) is 96.8 cm³/mol. The monoisotopic (exact) mass is 385 g/mol. The van der Waals surface area contributed by atoms with Crippen molar-refractivity contribution in [3.05, 3.63) is 34.9 Å². The highest BCUT2D eigenvalue weighted by atomic mass is 19.4. The Labute approximate surface area is 157 Å². The summed E-state index contributed by atoms with van der Waals surface area (Å²) in [6, 6.07) is 3.79. The van der Waals surface area contributed by atoms with Gasteiger partial charge in [0.05, 0.1) is 0 Å². The molecular weight excluding hydrogens is 359 g/mol. The number of carbonyl (C=O) groups excluding carboxylic acids is 2. The quantitative estimate of drug-likeness (QED) is 0.707. The second kappa shape index (κ2) is 9.32. The summed E-state index contributed by atoms with van der Waals surface area (Å²) in [6.45, 7) is 4.73. The number of ketones is 1. The molecule has 8 heteroatoms. The molecule has 0 bridgehead atoms. The molecule has 0 aliphatic carbocycles. The van der Waals surface area contributed by atoms with Crippen molar-refractivity contribution in [2.24, 2.45) is 0 Å². The van der Waals surface area contributed by atoms with Crippen LogP contribution in [0.3, 0.4) is 0 Å². The van der Waals surface area contributed by atoms with E-state index < -0.39 is 24.7 Å². The molecule has 2 N–H and O–H groups in total. The standard InChI is InChI=1S/C19H26F3N3O2/c1-13-3-4-14(2)15(11-13)16(26)5-6-18(27)24-12-17(19(20,21)22)25-9-7-23-8-10-25/h3-4,11,17,23H,5-10,12H2,1-2H3,(H,24,27). The third-order valence-corrected chi connectivity index (χ3v) is 4.74. The number of hydrogen-bond donors (Lipinski definition) is 2. The molecule has 1 atom stereocenters. The molecule has 2 rings (SSSR count). The van der Waals surface area contributed by atoms with Crippen molar-refractivity contribution in [1.29, 1.82) is 0 Å². The van der Waals surface area contributed by atoms with Gasteiger partial charge in [-0.2, -0.15) is 13.2 Å². The van der Waals surface area contributed by atoms with Crippen molar-refractivity contribution >= 4 is 11.7 Å². The molecule has 1 heterocycles. The average Bonchev–Trinajstić information content (AvgIpc) is 2.61. The van der Waals surface area contributed by atoms with Crippen molar-refractivity contribution in [2.45, 2.75) is 38.9 Å². The van der Waals surface area contributed by atoms with E-state index in [1.54, 1.807) is 6.07 Å². The zero-order valence-electron chi connectivity index (χ0n) is 15.7. The zero-order valence-corrected chi connectivity index (χ0v) is 15.7. The molecule has 27 heavy (non-hydrogen) atoms. The van der Waals surface area contributed by atoms with Crippen LogP contribution in [0.4, 0.5) is 13.2 Å². The Morgan fingerprint density at radius 1 is 1.19 bits per heavy atom. The van der Waals surface area contributed by atoms with E-state index in [2.05, 4.69) is 10.6 Å². The van der Waals surface area contributed by atoms with E-state index in [9.17, 15) is 22.8 Å². The van der Waals surface area contributed by atoms with Gasteiger partial charge in [-0.25, -0.2) is 0 Å². The Hall–Kier alpha value is -1.93. The maximum atomic E-state index is 13.3. The minimum absolute atomic E-state index is 0.0273. The molecule has 1 aliphatic rings. The number of rotatable bonds is 7. The summed E-state index contributed by atoms with van der Waals surface area (Å²) in [5.74, 6) is -0.723. The maximum Gasteiger partial charge on any atom is 0.405 e. The lowest BCUT2D eigenvalue weighted by Crippen LogP contribution is -2.57. The van der Waals surface area contributed by atoms with Crippen molar-refractivity contribution in [2.75, 3.05) is 32.7 Å². The van der Waals surface area contributed by atoms with E-state index in [1.807, 2.05) is 26.0 Å². The lowest BCUT2D eigenvalue weighted by Gasteiger charge is -2.35. The van der Waals surface area contributed by atoms with Crippen LogP contribution >= 0.6 is 0 Å². The van der Waals surface area contributed by atoms with Gasteiger partial charge in [-0.1, -0.05) is 17.7 Å². The number of aryl methyl sites for hydroxylation is 2. The second-order valence-corrected chi connectivity index (χ2v) is 6.89. The van der Waals surface area contributed by atoms with E-state index in [0.29, 0.717) is 18.7 Å². The van der Waals surface area contributed by atoms with E-state index in [4.69, 9.17) is 0 Å². The van der Waals surface area contributed by atoms with Gasteiger partial charge in [0, 0.05) is 51.1 Å². The van der Waals surface area contributed by atoms with Gasteiger partial charge < -0.3 is 10.6 Å². The molecule has 0 aromatic heterocycles. The third kappa shape index (κ3) is 6.32. The largest absolute Gasteiger partial charge is 0.405 e. The predicted octanol–water partition coefficient (Wildman–Crippen LogP) is 2.22. The van der Waals surface area contributed by atoms with E-state index >= 15 is 0 Å². The first-order chi connectivity index (χ1) is 12.7. The number of Topliss-reactive ketones (excluding diaryl/α,β-unsaturated/α-hetero) is 1. The Morgan fingerprint density at radius 2 is 1.85 bits per heavy atom. The lowest BCUT2D eigenvalue weighted by atomic mass is 9.99. The molecule has 1 aliphatic heterocycles. The average molecular weight is 385 g/mol. The normalized spacial score (nSPS) is 16.8. The van der Waals surface area contributed by atoms with Gasteiger partial charge in [-0.05, 0) is 25.5 Å². The Bertz CT molecular complexity index is 671. The summed E-state index contributed by atoms with van der Waals surface area (Å²) < 4.78 is 39.9. The molecule has 1 unspecified atom stereocenters. The maximum absolute atomic E-state index is 13.3. The fourth-order valence-electron chi connectivity index (χ4n) is 3.14. The SMILES string of the molecule is Cc1ccc(C)c(C(=O)CCC(=O)NCC(N2CCNCC2)C(F)(F)F)c1. The molecule has 1 amide bonds. The smallest absolute Gasteiger partial charge is 0.354 e. The Balaban J connectivity index is 1.86. The van der Waals surface area contributed by atoms with Crippen molar-refractivity contribution in [3.8, 4) is 0 Å². The van der Waals surface area contributed by atoms with Gasteiger partial charge in [0.1, 0.15) is 6.04 Å². The molecule has 0 spiro atoms. The first-order valence-corrected chi connectivity index (χ1v) is 9.07. The molecular formula is C19H26F3N3O2. The van der Waals surface area contributed by atoms with E-state index in [1.165, 1.54) is 4.90 Å². The van der Waals surface area contributed by atoms with Gasteiger partial charge in [0.15, 0.2) is 5.78 Å². The van der Waals surface area contributed by atoms with Crippen LogP contribution in [-0.2, 0) is 4.79 Å². The van der Waals surface area contributed by atoms with Gasteiger partial charge in [-0.3, -0.25) is 14.5 Å². The molecule has 5 nitrogen and oxygen atoms in total. The lowest BCUT2D eigenvalue weighted by molar-refractivity contribution is -0.184. The number of nitrogens with zero attached hydrogens (tertiary/aromatic N) is 1. The first kappa shape index (κ1) is 21.4. The fourth-order valence-corrected chi connectivity index (χ4v) is 3.14. The number of piperazine rings is 1. The first-order valence-electron chi connectivity index (χ1n) is 9.07. The van der Waals surface area contributed by atoms with Crippen molar-refractivity contribution < 1.29 is 22.8 Å². The number of carbonyl (C=O) groups is 2. The van der Waals surface area contributed by atoms with Crippen LogP contribution in [0.5, 0.6) is 0 Å². The molecule has 1 aromatic carbocycles. The van der Waals surface area contributed by atoms with E-state index in [-0.39, 0.29) is 31.7 Å². The molecule has 1 aromatic rings. The van der Waals surface area contributed by atoms with Crippen LogP contribution in [-0.4, -0.2) is 61.5 Å². The van der Waals surface area contributed by atoms with Crippen LogP contribution in [0.25, 0.3) is 0 Å². The molecule has 0 radical (unpaired) electrons. The Kier molecular flexibility index (Phi) is 7.38. The van der Waals surface area contributed by atoms with Crippen LogP contribution in [0, 0.1) is 13.8 Å². The number of alkyl halides is 3. The highest BCUT2D eigenvalue weighted by molar-refractivity contribution is 5.99.